The normalized spacial score (nSPS) is 17.3. The van der Waals surface area contributed by atoms with E-state index in [0.717, 1.165) is 64.0 Å². The number of aliphatic imine (C=N–C) groups is 1. The van der Waals surface area contributed by atoms with E-state index in [0.29, 0.717) is 62.0 Å². The Labute approximate surface area is 455 Å². The minimum atomic E-state index is -4.32. The number of hydrogen-bond acceptors (Lipinski definition) is 18. The molecule has 1 aromatic carbocycles. The number of nitrogen functional groups attached to an aromatic ring is 1. The Bertz CT molecular complexity index is 2440. The fourth-order valence-corrected chi connectivity index (χ4v) is 9.36. The lowest BCUT2D eigenvalue weighted by Gasteiger charge is -2.24. The number of nitrogens with two attached hydrogens (primary N) is 4. The number of ether oxygens (including phenoxy) is 2. The number of phenolic OH excluding ortho intramolecular Hbond substituents is 1. The monoisotopic (exact) mass is 1120 g/mol. The second-order valence-electron chi connectivity index (χ2n) is 19.5. The molecule has 0 saturated carbocycles. The number of hydrazone groups is 1. The van der Waals surface area contributed by atoms with Gasteiger partial charge in [0.2, 0.25) is 23.6 Å². The summed E-state index contributed by atoms with van der Waals surface area (Å²) in [5.41, 5.74) is 26.5. The number of hydrogen-bond donors (Lipinski definition) is 11. The lowest BCUT2D eigenvalue weighted by Crippen LogP contribution is -2.54. The highest BCUT2D eigenvalue weighted by Crippen LogP contribution is 2.45. The summed E-state index contributed by atoms with van der Waals surface area (Å²) in [4.78, 5) is 91.2. The average molecular weight is 1120 g/mol. The third kappa shape index (κ3) is 24.4. The van der Waals surface area contributed by atoms with Crippen molar-refractivity contribution in [3.05, 3.63) is 42.5 Å². The number of phosphoric acid groups is 1. The Balaban J connectivity index is 1.05. The van der Waals surface area contributed by atoms with Gasteiger partial charge in [-0.2, -0.15) is 5.10 Å². The summed E-state index contributed by atoms with van der Waals surface area (Å²) in [5, 5.41) is 24.5. The van der Waals surface area contributed by atoms with Crippen LogP contribution in [0.25, 0.3) is 11.2 Å². The summed E-state index contributed by atoms with van der Waals surface area (Å²) >= 11 is 0. The Hall–Kier alpha value is -6.51. The number of phenols is 1. The molecule has 7 atom stereocenters. The number of rotatable bonds is 39. The number of primary amides is 1. The fraction of sp³-hybridized carbons (Fsp3) is 0.640. The highest BCUT2D eigenvalue weighted by Gasteiger charge is 2.39. The molecule has 28 heteroatoms. The topological polar surface area (TPSA) is 412 Å². The van der Waals surface area contributed by atoms with Gasteiger partial charge < -0.3 is 69.1 Å². The first kappa shape index (κ1) is 64.0. The second kappa shape index (κ2) is 34.4. The van der Waals surface area contributed by atoms with Gasteiger partial charge in [-0.3, -0.25) is 42.6 Å². The molecule has 1 saturated heterocycles. The van der Waals surface area contributed by atoms with Crippen LogP contribution in [-0.2, 0) is 53.5 Å². The summed E-state index contributed by atoms with van der Waals surface area (Å²) < 4.78 is 36.9. The number of carbonyl (C=O) groups excluding carboxylic acids is 5. The third-order valence-electron chi connectivity index (χ3n) is 12.5. The Morgan fingerprint density at radius 3 is 2.26 bits per heavy atom. The summed E-state index contributed by atoms with van der Waals surface area (Å²) in [6.45, 7) is 6.31. The maximum absolute atomic E-state index is 13.5. The molecular weight excluding hydrogens is 1030 g/mol. The van der Waals surface area contributed by atoms with Crippen LogP contribution >= 0.6 is 7.82 Å². The van der Waals surface area contributed by atoms with Gasteiger partial charge in [0.05, 0.1) is 25.6 Å². The molecule has 1 fully saturated rings. The van der Waals surface area contributed by atoms with Crippen molar-refractivity contribution in [2.24, 2.45) is 33.2 Å². The molecule has 27 nitrogen and oxygen atoms in total. The van der Waals surface area contributed by atoms with E-state index >= 15 is 0 Å². The van der Waals surface area contributed by atoms with Crippen molar-refractivity contribution >= 4 is 66.5 Å². The van der Waals surface area contributed by atoms with Gasteiger partial charge in [-0.05, 0) is 62.6 Å². The molecule has 0 aliphatic carbocycles. The summed E-state index contributed by atoms with van der Waals surface area (Å²) in [6.07, 6.45) is 13.1. The van der Waals surface area contributed by atoms with Crippen molar-refractivity contribution in [3.63, 3.8) is 0 Å². The molecule has 0 bridgehead atoms. The van der Waals surface area contributed by atoms with Gasteiger partial charge in [-0.15, -0.1) is 0 Å². The zero-order valence-electron chi connectivity index (χ0n) is 45.1. The molecule has 78 heavy (non-hydrogen) atoms. The van der Waals surface area contributed by atoms with E-state index in [9.17, 15) is 38.5 Å². The number of unbranched alkanes of at least 4 members (excludes halogenated alkanes) is 9. The molecular formula is C50H82N15O12P. The first-order chi connectivity index (χ1) is 37.3. The van der Waals surface area contributed by atoms with E-state index in [-0.39, 0.29) is 62.6 Å². The molecule has 0 spiro atoms. The summed E-state index contributed by atoms with van der Waals surface area (Å²) in [5.74, 6) is -2.65. The van der Waals surface area contributed by atoms with E-state index in [1.807, 2.05) is 20.8 Å². The number of amides is 5. The zero-order chi connectivity index (χ0) is 56.9. The van der Waals surface area contributed by atoms with Gasteiger partial charge in [0.1, 0.15) is 54.8 Å². The van der Waals surface area contributed by atoms with E-state index in [1.165, 1.54) is 18.5 Å². The van der Waals surface area contributed by atoms with Crippen LogP contribution in [0.1, 0.15) is 129 Å². The van der Waals surface area contributed by atoms with E-state index < -0.39 is 73.9 Å². The number of aromatic nitrogens is 4. The number of aromatic hydroxyl groups is 1. The van der Waals surface area contributed by atoms with Crippen LogP contribution in [0.2, 0.25) is 0 Å². The largest absolute Gasteiger partial charge is 0.508 e. The van der Waals surface area contributed by atoms with Gasteiger partial charge >= 0.3 is 7.82 Å². The number of imidazole rings is 1. The lowest BCUT2D eigenvalue weighted by atomic mass is 10.0. The van der Waals surface area contributed by atoms with Crippen LogP contribution in [0.5, 0.6) is 5.75 Å². The zero-order valence-corrected chi connectivity index (χ0v) is 46.0. The van der Waals surface area contributed by atoms with Crippen molar-refractivity contribution in [2.75, 3.05) is 45.2 Å². The number of nitrogens with one attached hydrogen (secondary N) is 5. The maximum atomic E-state index is 13.5. The van der Waals surface area contributed by atoms with Crippen LogP contribution in [-0.4, -0.2) is 141 Å². The quantitative estimate of drug-likeness (QED) is 0.0128. The molecule has 0 radical (unpaired) electrons. The highest BCUT2D eigenvalue weighted by molar-refractivity contribution is 7.47. The Kier molecular flexibility index (Phi) is 28.2. The average Bonchev–Trinajstić information content (AvgIpc) is 4.02. The van der Waals surface area contributed by atoms with Gasteiger partial charge in [0, 0.05) is 45.0 Å². The van der Waals surface area contributed by atoms with Crippen LogP contribution in [0.4, 0.5) is 5.82 Å². The molecule has 15 N–H and O–H groups in total. The van der Waals surface area contributed by atoms with E-state index in [2.05, 4.69) is 51.7 Å². The van der Waals surface area contributed by atoms with Crippen molar-refractivity contribution in [1.82, 2.24) is 46.2 Å². The minimum Gasteiger partial charge on any atom is -0.508 e. The third-order valence-corrected chi connectivity index (χ3v) is 13.5. The second-order valence-corrected chi connectivity index (χ2v) is 20.9. The molecule has 2 aromatic heterocycles. The van der Waals surface area contributed by atoms with E-state index in [1.54, 1.807) is 23.0 Å². The molecule has 1 aliphatic rings. The number of fused-ring (bicyclic) bond motifs is 1. The highest BCUT2D eigenvalue weighted by atomic mass is 31.2. The van der Waals surface area contributed by atoms with Crippen molar-refractivity contribution in [3.8, 4) is 5.75 Å². The number of nitrogens with zero attached hydrogens (tertiary/aromatic N) is 6. The van der Waals surface area contributed by atoms with Gasteiger partial charge in [-0.1, -0.05) is 77.3 Å². The smallest absolute Gasteiger partial charge is 0.472 e. The minimum absolute atomic E-state index is 0.0215. The van der Waals surface area contributed by atoms with Crippen LogP contribution in [0.15, 0.2) is 47.0 Å². The lowest BCUT2D eigenvalue weighted by molar-refractivity contribution is -0.131. The van der Waals surface area contributed by atoms with Gasteiger partial charge in [-0.25, -0.2) is 19.5 Å². The molecule has 434 valence electrons. The van der Waals surface area contributed by atoms with Gasteiger partial charge in [0.15, 0.2) is 17.4 Å². The van der Waals surface area contributed by atoms with Crippen LogP contribution < -0.4 is 49.6 Å². The predicted octanol–water partition coefficient (Wildman–Crippen LogP) is 2.21. The van der Waals surface area contributed by atoms with E-state index in [4.69, 9.17) is 41.5 Å². The Morgan fingerprint density at radius 2 is 1.59 bits per heavy atom. The molecule has 3 aromatic rings. The molecule has 5 amide bonds. The molecule has 4 unspecified atom stereocenters. The molecule has 1 aliphatic heterocycles. The summed E-state index contributed by atoms with van der Waals surface area (Å²) in [6, 6.07) is 3.30. The SMILES string of the molecule is CCOC1CC(n2cnc3c(N)ncnc32)OC1COP(=O)(O)OCCCCCCCCCCCCNC(=O)/C=N/NCC(=O)N[C@@H](CCCN=C(N)N)CC(=O)N[C@@H](Cc1ccc(O)cc1)C(=O)N[C@@H](CC(C)C)C(N)=O. The standard InChI is InChI=1S/C50H82N15O12P/c1-4-74-39-27-44(65-32-59-45-46(51)57-31-58-48(45)65)77-40(39)30-76-78(72,73)75-23-14-12-10-8-6-5-7-9-11-13-21-55-42(68)28-60-61-29-43(69)62-35(16-15-22-56-50(53)54)26-41(67)63-38(25-34-17-19-36(66)20-18-34)49(71)64-37(47(52)70)24-33(2)3/h17-20,28,31-33,35,37-40,44,61,66H,4-16,21-27,29-30H2,1-3H3,(H2,52,70)(H,55,68)(H,62,69)(H,63,67)(H,64,71)(H,72,73)(H2,51,57,58)(H4,53,54,56)/b60-28+/t35-,37-,38-,39?,40?,44?/m0/s1. The molecule has 3 heterocycles. The van der Waals surface area contributed by atoms with Gasteiger partial charge in [0.25, 0.3) is 5.91 Å². The number of guanidine groups is 1. The molecule has 4 rings (SSSR count). The first-order valence-electron chi connectivity index (χ1n) is 26.7. The number of phosphoric ester groups is 1. The Morgan fingerprint density at radius 1 is 0.897 bits per heavy atom. The predicted molar refractivity (Wildman–Crippen MR) is 292 cm³/mol. The number of benzene rings is 1. The van der Waals surface area contributed by atoms with Crippen LogP contribution in [0.3, 0.4) is 0 Å². The fourth-order valence-electron chi connectivity index (χ4n) is 8.59. The number of anilines is 1. The van der Waals surface area contributed by atoms with Crippen molar-refractivity contribution < 1.29 is 57.1 Å². The number of carbonyl (C=O) groups is 5. The maximum Gasteiger partial charge on any atom is 0.472 e. The first-order valence-corrected chi connectivity index (χ1v) is 28.2. The van der Waals surface area contributed by atoms with Crippen LogP contribution in [0, 0.1) is 5.92 Å². The van der Waals surface area contributed by atoms with Crippen molar-refractivity contribution in [2.45, 2.75) is 160 Å². The van der Waals surface area contributed by atoms with Crippen molar-refractivity contribution in [1.29, 1.82) is 0 Å². The summed E-state index contributed by atoms with van der Waals surface area (Å²) in [7, 11) is -4.32.